The van der Waals surface area contributed by atoms with Crippen LogP contribution in [0, 0.1) is 6.92 Å². The van der Waals surface area contributed by atoms with E-state index in [1.807, 2.05) is 60.7 Å². The summed E-state index contributed by atoms with van der Waals surface area (Å²) in [5.41, 5.74) is 2.55. The van der Waals surface area contributed by atoms with Crippen LogP contribution >= 0.6 is 11.3 Å². The van der Waals surface area contributed by atoms with E-state index in [0.29, 0.717) is 27.9 Å². The smallest absolute Gasteiger partial charge is 0.350 e. The monoisotopic (exact) mass is 431 g/mol. The molecule has 0 fully saturated rings. The molecule has 2 heterocycles. The van der Waals surface area contributed by atoms with Gasteiger partial charge in [-0.1, -0.05) is 65.9 Å². The van der Waals surface area contributed by atoms with Crippen LogP contribution in [0.15, 0.2) is 66.7 Å². The highest BCUT2D eigenvalue weighted by molar-refractivity contribution is 7.17. The lowest BCUT2D eigenvalue weighted by Gasteiger charge is -2.20. The van der Waals surface area contributed by atoms with Gasteiger partial charge in [0.2, 0.25) is 0 Å². The van der Waals surface area contributed by atoms with Crippen LogP contribution in [0.3, 0.4) is 0 Å². The number of aromatic nitrogens is 2. The van der Waals surface area contributed by atoms with Crippen molar-refractivity contribution >= 4 is 39.2 Å². The molecule has 0 saturated carbocycles. The van der Waals surface area contributed by atoms with Gasteiger partial charge in [0.25, 0.3) is 5.91 Å². The van der Waals surface area contributed by atoms with Gasteiger partial charge in [0.1, 0.15) is 10.6 Å². The zero-order chi connectivity index (χ0) is 21.8. The van der Waals surface area contributed by atoms with E-state index in [1.54, 1.807) is 24.8 Å². The van der Waals surface area contributed by atoms with Crippen LogP contribution in [0.2, 0.25) is 0 Å². The average molecular weight is 432 g/mol. The van der Waals surface area contributed by atoms with Gasteiger partial charge in [-0.05, 0) is 31.5 Å². The van der Waals surface area contributed by atoms with Crippen molar-refractivity contribution in [3.8, 4) is 0 Å². The zero-order valence-electron chi connectivity index (χ0n) is 17.2. The third kappa shape index (κ3) is 4.46. The molecule has 0 atom stereocenters. The normalized spacial score (nSPS) is 10.8. The first kappa shape index (κ1) is 20.7. The minimum atomic E-state index is -0.431. The van der Waals surface area contributed by atoms with Gasteiger partial charge in [-0.3, -0.25) is 9.69 Å². The largest absolute Gasteiger partial charge is 0.462 e. The second-order valence-corrected chi connectivity index (χ2v) is 7.88. The quantitative estimate of drug-likeness (QED) is 0.401. The predicted octanol–water partition coefficient (Wildman–Crippen LogP) is 5.02. The molecule has 1 amide bonds. The molecular formula is C24H21N3O3S. The number of rotatable bonds is 6. The molecule has 0 bridgehead atoms. The molecule has 0 radical (unpaired) electrons. The van der Waals surface area contributed by atoms with Crippen LogP contribution in [-0.4, -0.2) is 28.5 Å². The van der Waals surface area contributed by atoms with Gasteiger partial charge in [-0.25, -0.2) is 14.8 Å². The molecular weight excluding hydrogens is 410 g/mol. The Morgan fingerprint density at radius 3 is 2.48 bits per heavy atom. The fraction of sp³-hybridized carbons (Fsp3) is 0.167. The molecule has 7 heteroatoms. The summed E-state index contributed by atoms with van der Waals surface area (Å²) in [5.74, 6) is -0.710. The number of amides is 1. The number of nitrogens with zero attached hydrogens (tertiary/aromatic N) is 3. The van der Waals surface area contributed by atoms with Gasteiger partial charge in [0, 0.05) is 5.39 Å². The van der Waals surface area contributed by atoms with Crippen molar-refractivity contribution in [2.24, 2.45) is 0 Å². The number of fused-ring (bicyclic) bond motifs is 1. The Morgan fingerprint density at radius 1 is 0.968 bits per heavy atom. The summed E-state index contributed by atoms with van der Waals surface area (Å²) in [6.07, 6.45) is 0. The third-order valence-corrected chi connectivity index (χ3v) is 5.88. The summed E-state index contributed by atoms with van der Waals surface area (Å²) < 4.78 is 5.13. The lowest BCUT2D eigenvalue weighted by atomic mass is 10.2. The predicted molar refractivity (Wildman–Crippen MR) is 122 cm³/mol. The number of esters is 1. The standard InChI is InChI=1S/C24H21N3O3S/c1-3-30-23(29)21-16(2)25-24(31-21)27(15-17-9-5-4-6-10-17)22(28)20-14-13-18-11-7-8-12-19(18)26-20/h4-14H,3,15H2,1-2H3. The Balaban J connectivity index is 1.74. The molecule has 0 unspecified atom stereocenters. The Kier molecular flexibility index (Phi) is 6.04. The molecule has 0 aliphatic heterocycles. The molecule has 2 aromatic carbocycles. The molecule has 6 nitrogen and oxygen atoms in total. The van der Waals surface area contributed by atoms with Crippen molar-refractivity contribution in [1.82, 2.24) is 9.97 Å². The number of hydrogen-bond acceptors (Lipinski definition) is 6. The number of aryl methyl sites for hydroxylation is 1. The summed E-state index contributed by atoms with van der Waals surface area (Å²) >= 11 is 1.15. The Morgan fingerprint density at radius 2 is 1.71 bits per heavy atom. The minimum Gasteiger partial charge on any atom is -0.462 e. The molecule has 2 aromatic heterocycles. The Bertz CT molecular complexity index is 1240. The topological polar surface area (TPSA) is 72.4 Å². The number of para-hydroxylation sites is 1. The second-order valence-electron chi connectivity index (χ2n) is 6.90. The minimum absolute atomic E-state index is 0.277. The molecule has 0 spiro atoms. The molecule has 0 N–H and O–H groups in total. The first-order chi connectivity index (χ1) is 15.1. The first-order valence-corrected chi connectivity index (χ1v) is 10.7. The fourth-order valence-electron chi connectivity index (χ4n) is 3.20. The van der Waals surface area contributed by atoms with Crippen LogP contribution in [0.4, 0.5) is 5.13 Å². The second kappa shape index (κ2) is 9.06. The molecule has 4 aromatic rings. The van der Waals surface area contributed by atoms with E-state index in [0.717, 1.165) is 27.8 Å². The number of ether oxygens (including phenoxy) is 1. The fourth-order valence-corrected chi connectivity index (χ4v) is 4.16. The van der Waals surface area contributed by atoms with Gasteiger partial charge in [-0.2, -0.15) is 0 Å². The van der Waals surface area contributed by atoms with E-state index in [4.69, 9.17) is 4.74 Å². The number of anilines is 1. The van der Waals surface area contributed by atoms with Crippen molar-refractivity contribution in [1.29, 1.82) is 0 Å². The van der Waals surface area contributed by atoms with E-state index in [-0.39, 0.29) is 12.5 Å². The van der Waals surface area contributed by atoms with Crippen LogP contribution in [0.5, 0.6) is 0 Å². The summed E-state index contributed by atoms with van der Waals surface area (Å²) in [4.78, 5) is 36.8. The van der Waals surface area contributed by atoms with E-state index in [1.165, 1.54) is 0 Å². The van der Waals surface area contributed by atoms with Gasteiger partial charge in [0.05, 0.1) is 24.4 Å². The van der Waals surface area contributed by atoms with E-state index >= 15 is 0 Å². The van der Waals surface area contributed by atoms with Gasteiger partial charge in [-0.15, -0.1) is 0 Å². The van der Waals surface area contributed by atoms with Crippen molar-refractivity contribution in [3.63, 3.8) is 0 Å². The number of thiazole rings is 1. The molecule has 0 aliphatic rings. The van der Waals surface area contributed by atoms with Crippen LogP contribution in [0.1, 0.15) is 38.3 Å². The Labute approximate surface area is 184 Å². The average Bonchev–Trinajstić information content (AvgIpc) is 3.19. The molecule has 0 aliphatic carbocycles. The number of carbonyl (C=O) groups is 2. The lowest BCUT2D eigenvalue weighted by molar-refractivity contribution is 0.0531. The summed E-state index contributed by atoms with van der Waals surface area (Å²) in [6, 6.07) is 20.9. The highest BCUT2D eigenvalue weighted by atomic mass is 32.1. The number of carbonyl (C=O) groups excluding carboxylic acids is 2. The maximum Gasteiger partial charge on any atom is 0.350 e. The zero-order valence-corrected chi connectivity index (χ0v) is 18.1. The number of hydrogen-bond donors (Lipinski definition) is 0. The Hall–Kier alpha value is -3.58. The van der Waals surface area contributed by atoms with Crippen molar-refractivity contribution in [2.45, 2.75) is 20.4 Å². The summed E-state index contributed by atoms with van der Waals surface area (Å²) in [6.45, 7) is 4.08. The van der Waals surface area contributed by atoms with E-state index in [2.05, 4.69) is 9.97 Å². The van der Waals surface area contributed by atoms with Crippen molar-refractivity contribution in [3.05, 3.63) is 88.6 Å². The van der Waals surface area contributed by atoms with E-state index in [9.17, 15) is 9.59 Å². The van der Waals surface area contributed by atoms with Crippen LogP contribution in [-0.2, 0) is 11.3 Å². The summed E-state index contributed by atoms with van der Waals surface area (Å²) in [5, 5.41) is 1.40. The molecule has 31 heavy (non-hydrogen) atoms. The lowest BCUT2D eigenvalue weighted by Crippen LogP contribution is -2.31. The van der Waals surface area contributed by atoms with E-state index < -0.39 is 5.97 Å². The highest BCUT2D eigenvalue weighted by Gasteiger charge is 2.26. The van der Waals surface area contributed by atoms with Gasteiger partial charge >= 0.3 is 5.97 Å². The van der Waals surface area contributed by atoms with Gasteiger partial charge in [0.15, 0.2) is 5.13 Å². The van der Waals surface area contributed by atoms with Crippen molar-refractivity contribution in [2.75, 3.05) is 11.5 Å². The third-order valence-electron chi connectivity index (χ3n) is 4.72. The summed E-state index contributed by atoms with van der Waals surface area (Å²) in [7, 11) is 0. The van der Waals surface area contributed by atoms with Crippen LogP contribution < -0.4 is 4.90 Å². The molecule has 156 valence electrons. The number of pyridine rings is 1. The maximum atomic E-state index is 13.5. The van der Waals surface area contributed by atoms with Crippen molar-refractivity contribution < 1.29 is 14.3 Å². The maximum absolute atomic E-state index is 13.5. The molecule has 0 saturated heterocycles. The van der Waals surface area contributed by atoms with Gasteiger partial charge < -0.3 is 4.74 Å². The number of benzene rings is 2. The molecule has 4 rings (SSSR count). The SMILES string of the molecule is CCOC(=O)c1sc(N(Cc2ccccc2)C(=O)c2ccc3ccccc3n2)nc1C. The highest BCUT2D eigenvalue weighted by Crippen LogP contribution is 2.29. The van der Waals surface area contributed by atoms with Crippen LogP contribution in [0.25, 0.3) is 10.9 Å². The first-order valence-electron chi connectivity index (χ1n) is 9.93.